The lowest BCUT2D eigenvalue weighted by molar-refractivity contribution is -0.138. The first-order valence-electron chi connectivity index (χ1n) is 6.21. The number of ether oxygens (including phenoxy) is 4. The number of thioether (sulfide) groups is 1. The molecule has 9 heteroatoms. The highest BCUT2D eigenvalue weighted by atomic mass is 32.2. The number of carbonyl (C=O) groups is 4. The van der Waals surface area contributed by atoms with Crippen LogP contribution < -0.4 is 0 Å². The summed E-state index contributed by atoms with van der Waals surface area (Å²) in [4.78, 5) is 45.6. The zero-order valence-electron chi connectivity index (χ0n) is 13.2. The fourth-order valence-electron chi connectivity index (χ4n) is 1.25. The van der Waals surface area contributed by atoms with Crippen molar-refractivity contribution in [3.8, 4) is 0 Å². The molecule has 0 saturated carbocycles. The molecule has 8 nitrogen and oxygen atoms in total. The lowest BCUT2D eigenvalue weighted by Gasteiger charge is -2.07. The predicted molar refractivity (Wildman–Crippen MR) is 81.6 cm³/mol. The zero-order valence-corrected chi connectivity index (χ0v) is 14.1. The van der Waals surface area contributed by atoms with E-state index in [1.54, 1.807) is 0 Å². The Labute approximate surface area is 137 Å². The lowest BCUT2D eigenvalue weighted by Crippen LogP contribution is -2.13. The number of esters is 4. The largest absolute Gasteiger partial charge is 0.466 e. The molecule has 0 rings (SSSR count). The maximum absolute atomic E-state index is 11.6. The molecule has 0 unspecified atom stereocenters. The maximum Gasteiger partial charge on any atom is 0.334 e. The first kappa shape index (κ1) is 20.7. The van der Waals surface area contributed by atoms with Crippen LogP contribution in [0.5, 0.6) is 0 Å². The Morgan fingerprint density at radius 3 is 1.30 bits per heavy atom. The summed E-state index contributed by atoms with van der Waals surface area (Å²) < 4.78 is 18.0. The SMILES string of the molecule is COC(=O)C=C(CSCC(=CC(=O)OC)C(=O)OC)C(=O)OC. The van der Waals surface area contributed by atoms with Gasteiger partial charge in [-0.05, 0) is 0 Å². The van der Waals surface area contributed by atoms with Crippen LogP contribution in [0.4, 0.5) is 0 Å². The molecule has 0 aromatic rings. The van der Waals surface area contributed by atoms with Crippen LogP contribution in [0.1, 0.15) is 0 Å². The molecule has 0 bridgehead atoms. The van der Waals surface area contributed by atoms with E-state index < -0.39 is 23.9 Å². The Morgan fingerprint density at radius 1 is 0.696 bits per heavy atom. The highest BCUT2D eigenvalue weighted by molar-refractivity contribution is 7.99. The quantitative estimate of drug-likeness (QED) is 0.348. The van der Waals surface area contributed by atoms with Crippen LogP contribution in [0.15, 0.2) is 23.3 Å². The molecule has 23 heavy (non-hydrogen) atoms. The van der Waals surface area contributed by atoms with Gasteiger partial charge in [0.05, 0.1) is 39.6 Å². The molecule has 0 atom stereocenters. The normalized spacial score (nSPS) is 11.5. The summed E-state index contributed by atoms with van der Waals surface area (Å²) in [5.74, 6) is -2.67. The first-order chi connectivity index (χ1) is 10.9. The van der Waals surface area contributed by atoms with Crippen LogP contribution >= 0.6 is 11.8 Å². The van der Waals surface area contributed by atoms with Gasteiger partial charge in [0, 0.05) is 23.7 Å². The number of hydrogen-bond donors (Lipinski definition) is 0. The fourth-order valence-corrected chi connectivity index (χ4v) is 2.20. The van der Waals surface area contributed by atoms with E-state index in [4.69, 9.17) is 0 Å². The topological polar surface area (TPSA) is 105 Å². The van der Waals surface area contributed by atoms with Crippen LogP contribution in [0.25, 0.3) is 0 Å². The van der Waals surface area contributed by atoms with Crippen LogP contribution in [-0.4, -0.2) is 63.8 Å². The molecule has 0 heterocycles. The Morgan fingerprint density at radius 2 is 1.04 bits per heavy atom. The molecule has 0 aliphatic rings. The lowest BCUT2D eigenvalue weighted by atomic mass is 10.3. The molecule has 0 saturated heterocycles. The summed E-state index contributed by atoms with van der Waals surface area (Å²) in [6.07, 6.45) is 2.00. The van der Waals surface area contributed by atoms with Crippen LogP contribution in [-0.2, 0) is 38.1 Å². The molecule has 128 valence electrons. The molecular weight excluding hydrogens is 328 g/mol. The van der Waals surface area contributed by atoms with Gasteiger partial charge in [0.15, 0.2) is 0 Å². The van der Waals surface area contributed by atoms with Crippen LogP contribution in [0.2, 0.25) is 0 Å². The summed E-state index contributed by atoms with van der Waals surface area (Å²) in [5, 5.41) is 0. The molecule has 0 N–H and O–H groups in total. The van der Waals surface area contributed by atoms with Gasteiger partial charge < -0.3 is 18.9 Å². The molecule has 0 radical (unpaired) electrons. The zero-order chi connectivity index (χ0) is 17.8. The number of carbonyl (C=O) groups excluding carboxylic acids is 4. The average Bonchev–Trinajstić information content (AvgIpc) is 2.57. The Kier molecular flexibility index (Phi) is 10.2. The Balaban J connectivity index is 4.95. The summed E-state index contributed by atoms with van der Waals surface area (Å²) >= 11 is 1.11. The second-order valence-electron chi connectivity index (χ2n) is 3.86. The maximum atomic E-state index is 11.6. The summed E-state index contributed by atoms with van der Waals surface area (Å²) in [7, 11) is 4.70. The molecule has 0 aromatic carbocycles. The number of methoxy groups -OCH3 is 4. The minimum absolute atomic E-state index is 0.0617. The molecule has 0 fully saturated rings. The molecule has 0 amide bonds. The van der Waals surface area contributed by atoms with Gasteiger partial charge >= 0.3 is 23.9 Å². The van der Waals surface area contributed by atoms with E-state index in [9.17, 15) is 19.2 Å². The second kappa shape index (κ2) is 11.3. The molecule has 0 aliphatic carbocycles. The van der Waals surface area contributed by atoms with Crippen molar-refractivity contribution in [2.75, 3.05) is 39.9 Å². The Bertz CT molecular complexity index is 475. The fraction of sp³-hybridized carbons (Fsp3) is 0.429. The number of hydrogen-bond acceptors (Lipinski definition) is 9. The predicted octanol–water partition coefficient (Wildman–Crippen LogP) is 0.264. The van der Waals surface area contributed by atoms with Gasteiger partial charge in [-0.2, -0.15) is 11.8 Å². The highest BCUT2D eigenvalue weighted by Gasteiger charge is 2.16. The van der Waals surface area contributed by atoms with Crippen molar-refractivity contribution < 1.29 is 38.1 Å². The van der Waals surface area contributed by atoms with Crippen molar-refractivity contribution in [3.05, 3.63) is 23.3 Å². The summed E-state index contributed by atoms with van der Waals surface area (Å²) in [6, 6.07) is 0. The highest BCUT2D eigenvalue weighted by Crippen LogP contribution is 2.15. The van der Waals surface area contributed by atoms with E-state index in [2.05, 4.69) is 18.9 Å². The van der Waals surface area contributed by atoms with E-state index in [-0.39, 0.29) is 22.7 Å². The van der Waals surface area contributed by atoms with E-state index in [1.165, 1.54) is 28.4 Å². The van der Waals surface area contributed by atoms with Crippen LogP contribution in [0.3, 0.4) is 0 Å². The molecule has 0 aliphatic heterocycles. The molecular formula is C14H18O8S. The van der Waals surface area contributed by atoms with Crippen molar-refractivity contribution in [3.63, 3.8) is 0 Å². The third-order valence-corrected chi connectivity index (χ3v) is 3.43. The smallest absolute Gasteiger partial charge is 0.334 e. The molecule has 0 aromatic heterocycles. The van der Waals surface area contributed by atoms with Crippen molar-refractivity contribution in [2.24, 2.45) is 0 Å². The van der Waals surface area contributed by atoms with Crippen LogP contribution in [0, 0.1) is 0 Å². The average molecular weight is 346 g/mol. The van der Waals surface area contributed by atoms with Gasteiger partial charge in [-0.25, -0.2) is 19.2 Å². The van der Waals surface area contributed by atoms with Crippen molar-refractivity contribution in [1.29, 1.82) is 0 Å². The van der Waals surface area contributed by atoms with Gasteiger partial charge in [0.1, 0.15) is 0 Å². The van der Waals surface area contributed by atoms with Gasteiger partial charge in [-0.3, -0.25) is 0 Å². The van der Waals surface area contributed by atoms with E-state index in [0.29, 0.717) is 0 Å². The minimum Gasteiger partial charge on any atom is -0.466 e. The number of rotatable bonds is 8. The van der Waals surface area contributed by atoms with E-state index in [1.807, 2.05) is 0 Å². The third kappa shape index (κ3) is 8.05. The van der Waals surface area contributed by atoms with E-state index in [0.717, 1.165) is 23.9 Å². The first-order valence-corrected chi connectivity index (χ1v) is 7.36. The molecule has 0 spiro atoms. The monoisotopic (exact) mass is 346 g/mol. The Hall–Kier alpha value is -2.29. The van der Waals surface area contributed by atoms with Gasteiger partial charge in [-0.1, -0.05) is 0 Å². The summed E-state index contributed by atoms with van der Waals surface area (Å²) in [6.45, 7) is 0. The third-order valence-electron chi connectivity index (χ3n) is 2.40. The summed E-state index contributed by atoms with van der Waals surface area (Å²) in [5.41, 5.74) is 0.123. The minimum atomic E-state index is -0.704. The van der Waals surface area contributed by atoms with Crippen molar-refractivity contribution in [2.45, 2.75) is 0 Å². The van der Waals surface area contributed by atoms with E-state index >= 15 is 0 Å². The van der Waals surface area contributed by atoms with Crippen molar-refractivity contribution in [1.82, 2.24) is 0 Å². The van der Waals surface area contributed by atoms with Gasteiger partial charge in [0.2, 0.25) is 0 Å². The standard InChI is InChI=1S/C14H18O8S/c1-19-11(15)5-9(13(17)21-3)7-23-8-10(14(18)22-4)6-12(16)20-2/h5-6H,7-8H2,1-4H3. The van der Waals surface area contributed by atoms with Gasteiger partial charge in [0.25, 0.3) is 0 Å². The van der Waals surface area contributed by atoms with Gasteiger partial charge in [-0.15, -0.1) is 0 Å². The van der Waals surface area contributed by atoms with Crippen molar-refractivity contribution >= 4 is 35.6 Å². The second-order valence-corrected chi connectivity index (χ2v) is 4.85.